The van der Waals surface area contributed by atoms with Gasteiger partial charge >= 0.3 is 0 Å². The van der Waals surface area contributed by atoms with Crippen LogP contribution in [0.2, 0.25) is 0 Å². The molecular weight excluding hydrogens is 518 g/mol. The van der Waals surface area contributed by atoms with Crippen LogP contribution in [0.15, 0.2) is 78.6 Å². The molecule has 1 aliphatic heterocycles. The minimum Gasteiger partial charge on any atom is -0.457 e. The van der Waals surface area contributed by atoms with E-state index in [4.69, 9.17) is 4.42 Å². The molecule has 3 aromatic rings. The van der Waals surface area contributed by atoms with Crippen molar-refractivity contribution in [1.82, 2.24) is 0 Å². The molecule has 0 atom stereocenters. The van der Waals surface area contributed by atoms with E-state index in [2.05, 4.69) is 37.0 Å². The Morgan fingerprint density at radius 3 is 2.50 bits per heavy atom. The average Bonchev–Trinajstić information content (AvgIpc) is 3.28. The van der Waals surface area contributed by atoms with Crippen molar-refractivity contribution in [2.24, 2.45) is 5.10 Å². The third-order valence-corrected chi connectivity index (χ3v) is 5.66. The lowest BCUT2D eigenvalue weighted by molar-refractivity contribution is -0.384. The molecule has 0 bridgehead atoms. The van der Waals surface area contributed by atoms with E-state index in [0.717, 1.165) is 4.47 Å². The molecule has 0 fully saturated rings. The molecule has 2 aromatic carbocycles. The summed E-state index contributed by atoms with van der Waals surface area (Å²) in [4.78, 5) is 23.3. The molecule has 0 spiro atoms. The average molecular weight is 531 g/mol. The number of hydrogen-bond donors (Lipinski definition) is 0. The Labute approximate surface area is 188 Å². The topological polar surface area (TPSA) is 89.0 Å². The molecule has 1 aromatic heterocycles. The third-order valence-electron chi connectivity index (χ3n) is 4.48. The zero-order valence-electron chi connectivity index (χ0n) is 15.5. The summed E-state index contributed by atoms with van der Waals surface area (Å²) in [6.07, 6.45) is 1.64. The quantitative estimate of drug-likeness (QED) is 0.228. The maximum absolute atomic E-state index is 12.9. The van der Waals surface area contributed by atoms with E-state index in [1.54, 1.807) is 43.3 Å². The Bertz CT molecular complexity index is 1230. The summed E-state index contributed by atoms with van der Waals surface area (Å²) >= 11 is 6.72. The van der Waals surface area contributed by atoms with Gasteiger partial charge in [-0.05, 0) is 71.4 Å². The number of amides is 1. The normalized spacial score (nSPS) is 15.0. The number of nitrogens with zero attached hydrogens (tertiary/aromatic N) is 3. The van der Waals surface area contributed by atoms with Crippen LogP contribution in [-0.2, 0) is 4.79 Å². The predicted octanol–water partition coefficient (Wildman–Crippen LogP) is 6.19. The van der Waals surface area contributed by atoms with Gasteiger partial charge in [-0.25, -0.2) is 0 Å². The molecule has 9 heteroatoms. The largest absolute Gasteiger partial charge is 0.457 e. The number of nitro groups is 1. The fourth-order valence-corrected chi connectivity index (χ4v) is 3.80. The van der Waals surface area contributed by atoms with Crippen molar-refractivity contribution in [3.05, 3.63) is 85.0 Å². The number of furan rings is 1. The van der Waals surface area contributed by atoms with E-state index in [1.807, 2.05) is 12.1 Å². The van der Waals surface area contributed by atoms with Crippen LogP contribution in [-0.4, -0.2) is 16.5 Å². The third kappa shape index (κ3) is 3.86. The summed E-state index contributed by atoms with van der Waals surface area (Å²) in [5, 5.41) is 16.6. The lowest BCUT2D eigenvalue weighted by Crippen LogP contribution is -2.21. The van der Waals surface area contributed by atoms with Crippen molar-refractivity contribution in [2.75, 3.05) is 5.01 Å². The number of hydrazone groups is 1. The van der Waals surface area contributed by atoms with Crippen LogP contribution in [0.25, 0.3) is 17.4 Å². The molecule has 4 rings (SSSR count). The monoisotopic (exact) mass is 529 g/mol. The summed E-state index contributed by atoms with van der Waals surface area (Å²) < 4.78 is 7.31. The van der Waals surface area contributed by atoms with Crippen LogP contribution in [0.5, 0.6) is 0 Å². The first-order chi connectivity index (χ1) is 14.3. The number of carbonyl (C=O) groups excluding carboxylic acids is 1. The van der Waals surface area contributed by atoms with Crippen LogP contribution >= 0.6 is 31.9 Å². The number of anilines is 1. The van der Waals surface area contributed by atoms with Crippen LogP contribution < -0.4 is 5.01 Å². The first-order valence-corrected chi connectivity index (χ1v) is 10.3. The van der Waals surface area contributed by atoms with Crippen molar-refractivity contribution < 1.29 is 14.1 Å². The number of benzene rings is 2. The van der Waals surface area contributed by atoms with Gasteiger partial charge in [0.05, 0.1) is 21.9 Å². The molecule has 30 heavy (non-hydrogen) atoms. The standard InChI is InChI=1S/C21H13Br2N3O4/c1-12-18(21(27)25(24-12)14-4-2-13(22)3-5-14)11-16-7-9-20(30-16)17-8-6-15(26(28)29)10-19(17)23/h2-11H,1H3/b18-11+. The van der Waals surface area contributed by atoms with Gasteiger partial charge < -0.3 is 4.42 Å². The summed E-state index contributed by atoms with van der Waals surface area (Å²) in [5.41, 5.74) is 2.33. The molecule has 0 saturated heterocycles. The molecule has 150 valence electrons. The second-order valence-electron chi connectivity index (χ2n) is 6.46. The van der Waals surface area contributed by atoms with E-state index in [9.17, 15) is 14.9 Å². The van der Waals surface area contributed by atoms with E-state index < -0.39 is 4.92 Å². The lowest BCUT2D eigenvalue weighted by atomic mass is 10.1. The molecule has 1 aliphatic rings. The van der Waals surface area contributed by atoms with Crippen molar-refractivity contribution >= 4 is 60.9 Å². The number of rotatable bonds is 4. The first-order valence-electron chi connectivity index (χ1n) is 8.75. The van der Waals surface area contributed by atoms with E-state index in [-0.39, 0.29) is 11.6 Å². The molecular formula is C21H13Br2N3O4. The summed E-state index contributed by atoms with van der Waals surface area (Å²) in [6.45, 7) is 1.76. The van der Waals surface area contributed by atoms with E-state index in [1.165, 1.54) is 17.1 Å². The summed E-state index contributed by atoms with van der Waals surface area (Å²) in [6, 6.07) is 15.2. The summed E-state index contributed by atoms with van der Waals surface area (Å²) in [7, 11) is 0. The van der Waals surface area contributed by atoms with Crippen molar-refractivity contribution in [3.8, 4) is 11.3 Å². The Balaban J connectivity index is 1.61. The van der Waals surface area contributed by atoms with Crippen molar-refractivity contribution in [3.63, 3.8) is 0 Å². The fourth-order valence-electron chi connectivity index (χ4n) is 2.98. The van der Waals surface area contributed by atoms with Crippen molar-refractivity contribution in [1.29, 1.82) is 0 Å². The number of halogens is 2. The lowest BCUT2D eigenvalue weighted by Gasteiger charge is -2.11. The zero-order valence-corrected chi connectivity index (χ0v) is 18.7. The maximum atomic E-state index is 12.9. The molecule has 7 nitrogen and oxygen atoms in total. The van der Waals surface area contributed by atoms with Gasteiger partial charge in [0.2, 0.25) is 0 Å². The SMILES string of the molecule is CC1=NN(c2ccc(Br)cc2)C(=O)/C1=C/c1ccc(-c2ccc([N+](=O)[O-])cc2Br)o1. The highest BCUT2D eigenvalue weighted by Gasteiger charge is 2.29. The van der Waals surface area contributed by atoms with Crippen molar-refractivity contribution in [2.45, 2.75) is 6.92 Å². The molecule has 0 aliphatic carbocycles. The zero-order chi connectivity index (χ0) is 21.4. The molecule has 2 heterocycles. The number of nitro benzene ring substituents is 1. The molecule has 0 N–H and O–H groups in total. The van der Waals surface area contributed by atoms with Gasteiger partial charge in [0.15, 0.2) is 0 Å². The molecule has 0 radical (unpaired) electrons. The van der Waals surface area contributed by atoms with Crippen LogP contribution in [0.4, 0.5) is 11.4 Å². The Kier molecular flexibility index (Phi) is 5.40. The molecule has 1 amide bonds. The molecule has 0 unspecified atom stereocenters. The van der Waals surface area contributed by atoms with Crippen LogP contribution in [0.1, 0.15) is 12.7 Å². The van der Waals surface area contributed by atoms with Gasteiger partial charge in [-0.15, -0.1) is 0 Å². The van der Waals surface area contributed by atoms with Gasteiger partial charge in [0, 0.05) is 26.6 Å². The Hall–Kier alpha value is -3.04. The maximum Gasteiger partial charge on any atom is 0.280 e. The predicted molar refractivity (Wildman–Crippen MR) is 121 cm³/mol. The second-order valence-corrected chi connectivity index (χ2v) is 8.23. The highest BCUT2D eigenvalue weighted by atomic mass is 79.9. The Morgan fingerprint density at radius 2 is 1.83 bits per heavy atom. The highest BCUT2D eigenvalue weighted by molar-refractivity contribution is 9.10. The van der Waals surface area contributed by atoms with Crippen LogP contribution in [0, 0.1) is 10.1 Å². The first kappa shape index (κ1) is 20.2. The smallest absolute Gasteiger partial charge is 0.280 e. The number of non-ortho nitro benzene ring substituents is 1. The minimum atomic E-state index is -0.461. The van der Waals surface area contributed by atoms with Gasteiger partial charge in [0.1, 0.15) is 11.5 Å². The second kappa shape index (κ2) is 8.00. The Morgan fingerprint density at radius 1 is 1.10 bits per heavy atom. The van der Waals surface area contributed by atoms with Gasteiger partial charge in [-0.2, -0.15) is 10.1 Å². The van der Waals surface area contributed by atoms with E-state index in [0.29, 0.717) is 38.5 Å². The molecule has 0 saturated carbocycles. The van der Waals surface area contributed by atoms with Gasteiger partial charge in [-0.3, -0.25) is 14.9 Å². The fraction of sp³-hybridized carbons (Fsp3) is 0.0476. The minimum absolute atomic E-state index is 0.0176. The number of carbonyl (C=O) groups is 1. The van der Waals surface area contributed by atoms with E-state index >= 15 is 0 Å². The summed E-state index contributed by atoms with van der Waals surface area (Å²) in [5.74, 6) is 0.753. The van der Waals surface area contributed by atoms with Gasteiger partial charge in [0.25, 0.3) is 11.6 Å². The van der Waals surface area contributed by atoms with Crippen LogP contribution in [0.3, 0.4) is 0 Å². The number of hydrogen-bond acceptors (Lipinski definition) is 5. The highest BCUT2D eigenvalue weighted by Crippen LogP contribution is 2.33. The van der Waals surface area contributed by atoms with Gasteiger partial charge in [-0.1, -0.05) is 15.9 Å².